The highest BCUT2D eigenvalue weighted by Crippen LogP contribution is 2.30. The Morgan fingerprint density at radius 2 is 1.95 bits per heavy atom. The van der Waals surface area contributed by atoms with Crippen molar-refractivity contribution in [1.29, 1.82) is 0 Å². The number of benzene rings is 1. The summed E-state index contributed by atoms with van der Waals surface area (Å²) in [7, 11) is 2.81. The third kappa shape index (κ3) is 5.14. The van der Waals surface area contributed by atoms with Crippen LogP contribution in [0.25, 0.3) is 0 Å². The predicted octanol–water partition coefficient (Wildman–Crippen LogP) is 3.87. The van der Waals surface area contributed by atoms with Crippen molar-refractivity contribution >= 4 is 5.97 Å². The number of methoxy groups -OCH3 is 2. The number of phenols is 1. The largest absolute Gasteiger partial charge is 0.508 e. The lowest BCUT2D eigenvalue weighted by molar-refractivity contribution is 0.0595. The Labute approximate surface area is 126 Å². The Balaban J connectivity index is 2.77. The van der Waals surface area contributed by atoms with Crippen LogP contribution in [0.3, 0.4) is 0 Å². The highest BCUT2D eigenvalue weighted by Gasteiger charge is 2.19. The quantitative estimate of drug-likeness (QED) is 0.426. The Bertz CT molecular complexity index is 480. The molecule has 0 aromatic heterocycles. The van der Waals surface area contributed by atoms with Crippen LogP contribution >= 0.6 is 0 Å². The Morgan fingerprint density at radius 3 is 2.57 bits per heavy atom. The molecular weight excluding hydrogens is 268 g/mol. The number of phenolic OH excluding ortho intramolecular Hbond substituents is 1. The molecule has 21 heavy (non-hydrogen) atoms. The third-order valence-electron chi connectivity index (χ3n) is 3.38. The molecule has 4 nitrogen and oxygen atoms in total. The Kier molecular flexibility index (Phi) is 7.37. The van der Waals surface area contributed by atoms with Crippen LogP contribution in [0.5, 0.6) is 11.5 Å². The molecule has 0 saturated carbocycles. The molecular formula is C17H24O4. The molecule has 0 bridgehead atoms. The lowest BCUT2D eigenvalue weighted by Crippen LogP contribution is -2.08. The number of hydrogen-bond donors (Lipinski definition) is 1. The second-order valence-electron chi connectivity index (χ2n) is 4.92. The Morgan fingerprint density at radius 1 is 1.24 bits per heavy atom. The molecule has 0 radical (unpaired) electrons. The zero-order valence-corrected chi connectivity index (χ0v) is 12.9. The first kappa shape index (κ1) is 17.1. The average Bonchev–Trinajstić information content (AvgIpc) is 2.49. The molecule has 0 aliphatic heterocycles. The highest BCUT2D eigenvalue weighted by atomic mass is 16.5. The van der Waals surface area contributed by atoms with Crippen LogP contribution in [0.15, 0.2) is 24.8 Å². The maximum Gasteiger partial charge on any atom is 0.341 e. The molecule has 0 atom stereocenters. The van der Waals surface area contributed by atoms with Crippen LogP contribution in [-0.4, -0.2) is 25.3 Å². The van der Waals surface area contributed by atoms with Gasteiger partial charge in [0.25, 0.3) is 0 Å². The van der Waals surface area contributed by atoms with E-state index >= 15 is 0 Å². The lowest BCUT2D eigenvalue weighted by atomic mass is 9.99. The van der Waals surface area contributed by atoms with Gasteiger partial charge < -0.3 is 14.6 Å². The summed E-state index contributed by atoms with van der Waals surface area (Å²) in [4.78, 5) is 11.9. The zero-order chi connectivity index (χ0) is 15.7. The highest BCUT2D eigenvalue weighted by molar-refractivity contribution is 5.94. The van der Waals surface area contributed by atoms with E-state index in [0.29, 0.717) is 17.7 Å². The van der Waals surface area contributed by atoms with Crippen LogP contribution in [0.4, 0.5) is 0 Å². The molecule has 0 unspecified atom stereocenters. The second kappa shape index (κ2) is 9.06. The van der Waals surface area contributed by atoms with Gasteiger partial charge in [0.15, 0.2) is 0 Å². The van der Waals surface area contributed by atoms with Crippen molar-refractivity contribution in [2.75, 3.05) is 14.2 Å². The van der Waals surface area contributed by atoms with Gasteiger partial charge in [-0.15, -0.1) is 6.58 Å². The van der Waals surface area contributed by atoms with E-state index in [1.807, 2.05) is 6.08 Å². The van der Waals surface area contributed by atoms with Crippen molar-refractivity contribution in [3.05, 3.63) is 35.9 Å². The van der Waals surface area contributed by atoms with Gasteiger partial charge in [0.1, 0.15) is 17.1 Å². The summed E-state index contributed by atoms with van der Waals surface area (Å²) >= 11 is 0. The fourth-order valence-corrected chi connectivity index (χ4v) is 2.31. The predicted molar refractivity (Wildman–Crippen MR) is 83.0 cm³/mol. The summed E-state index contributed by atoms with van der Waals surface area (Å²) in [6.07, 6.45) is 7.97. The number of unbranched alkanes of at least 4 members (excludes halogenated alkanes) is 4. The minimum Gasteiger partial charge on any atom is -0.508 e. The van der Waals surface area contributed by atoms with E-state index in [1.165, 1.54) is 20.3 Å². The molecule has 116 valence electrons. The summed E-state index contributed by atoms with van der Waals surface area (Å²) in [6, 6.07) is 3.04. The van der Waals surface area contributed by atoms with Gasteiger partial charge in [-0.25, -0.2) is 4.79 Å². The summed E-state index contributed by atoms with van der Waals surface area (Å²) in [5.74, 6) is 0.0122. The molecule has 0 amide bonds. The van der Waals surface area contributed by atoms with Gasteiger partial charge in [-0.3, -0.25) is 0 Å². The number of rotatable bonds is 9. The number of carbonyl (C=O) groups is 1. The summed E-state index contributed by atoms with van der Waals surface area (Å²) in [6.45, 7) is 3.70. The summed E-state index contributed by atoms with van der Waals surface area (Å²) < 4.78 is 9.98. The van der Waals surface area contributed by atoms with E-state index < -0.39 is 5.97 Å². The van der Waals surface area contributed by atoms with Gasteiger partial charge in [-0.2, -0.15) is 0 Å². The molecule has 0 heterocycles. The van der Waals surface area contributed by atoms with Crippen LogP contribution in [0.2, 0.25) is 0 Å². The number of esters is 1. The number of allylic oxidation sites excluding steroid dienone is 1. The van der Waals surface area contributed by atoms with Crippen LogP contribution in [-0.2, 0) is 11.2 Å². The zero-order valence-electron chi connectivity index (χ0n) is 12.9. The van der Waals surface area contributed by atoms with Crippen molar-refractivity contribution in [1.82, 2.24) is 0 Å². The van der Waals surface area contributed by atoms with E-state index in [0.717, 1.165) is 37.7 Å². The molecule has 1 aromatic carbocycles. The molecule has 0 fully saturated rings. The Hall–Kier alpha value is -1.97. The molecule has 0 saturated heterocycles. The first-order valence-electron chi connectivity index (χ1n) is 7.23. The monoisotopic (exact) mass is 292 g/mol. The normalized spacial score (nSPS) is 10.2. The standard InChI is InChI=1S/C17H24O4/c1-4-5-6-7-8-9-10-13-11-14(18)12-15(20-2)16(13)17(19)21-3/h4,11-12,18H,1,5-10H2,2-3H3. The maximum atomic E-state index is 11.9. The third-order valence-corrected chi connectivity index (χ3v) is 3.38. The van der Waals surface area contributed by atoms with Gasteiger partial charge >= 0.3 is 5.97 Å². The van der Waals surface area contributed by atoms with E-state index in [-0.39, 0.29) is 5.75 Å². The fourth-order valence-electron chi connectivity index (χ4n) is 2.31. The fraction of sp³-hybridized carbons (Fsp3) is 0.471. The molecule has 0 spiro atoms. The second-order valence-corrected chi connectivity index (χ2v) is 4.92. The van der Waals surface area contributed by atoms with Gasteiger partial charge in [0, 0.05) is 6.07 Å². The van der Waals surface area contributed by atoms with Crippen LogP contribution in [0.1, 0.15) is 48.0 Å². The number of hydrogen-bond acceptors (Lipinski definition) is 4. The molecule has 1 rings (SSSR count). The lowest BCUT2D eigenvalue weighted by Gasteiger charge is -2.13. The summed E-state index contributed by atoms with van der Waals surface area (Å²) in [5, 5.41) is 9.73. The first-order valence-corrected chi connectivity index (χ1v) is 7.23. The summed E-state index contributed by atoms with van der Waals surface area (Å²) in [5.41, 5.74) is 1.17. The molecule has 1 N–H and O–H groups in total. The average molecular weight is 292 g/mol. The topological polar surface area (TPSA) is 55.8 Å². The van der Waals surface area contributed by atoms with Crippen LogP contribution in [0, 0.1) is 0 Å². The minimum absolute atomic E-state index is 0.0983. The van der Waals surface area contributed by atoms with Crippen molar-refractivity contribution in [2.45, 2.75) is 38.5 Å². The van der Waals surface area contributed by atoms with E-state index in [2.05, 4.69) is 6.58 Å². The molecule has 0 aliphatic carbocycles. The van der Waals surface area contributed by atoms with Gasteiger partial charge in [-0.05, 0) is 37.3 Å². The maximum absolute atomic E-state index is 11.9. The van der Waals surface area contributed by atoms with Crippen LogP contribution < -0.4 is 4.74 Å². The SMILES string of the molecule is C=CCCCCCCc1cc(O)cc(OC)c1C(=O)OC. The number of carbonyl (C=O) groups excluding carboxylic acids is 1. The molecule has 0 aliphatic rings. The van der Waals surface area contributed by atoms with Crippen molar-refractivity contribution in [3.63, 3.8) is 0 Å². The van der Waals surface area contributed by atoms with Crippen molar-refractivity contribution in [3.8, 4) is 11.5 Å². The van der Waals surface area contributed by atoms with Gasteiger partial charge in [0.05, 0.1) is 14.2 Å². The first-order chi connectivity index (χ1) is 10.1. The minimum atomic E-state index is -0.437. The van der Waals surface area contributed by atoms with Crippen molar-refractivity contribution < 1.29 is 19.4 Å². The van der Waals surface area contributed by atoms with Crippen molar-refractivity contribution in [2.24, 2.45) is 0 Å². The molecule has 1 aromatic rings. The van der Waals surface area contributed by atoms with Gasteiger partial charge in [-0.1, -0.05) is 18.9 Å². The number of ether oxygens (including phenoxy) is 2. The van der Waals surface area contributed by atoms with E-state index in [4.69, 9.17) is 9.47 Å². The number of aromatic hydroxyl groups is 1. The van der Waals surface area contributed by atoms with E-state index in [9.17, 15) is 9.90 Å². The van der Waals surface area contributed by atoms with Gasteiger partial charge in [0.2, 0.25) is 0 Å². The van der Waals surface area contributed by atoms with E-state index in [1.54, 1.807) is 6.07 Å². The number of aryl methyl sites for hydroxylation is 1. The molecule has 4 heteroatoms. The smallest absolute Gasteiger partial charge is 0.341 e.